The molecule has 1 aromatic heterocycles. The van der Waals surface area contributed by atoms with E-state index in [-0.39, 0.29) is 41.9 Å². The fraction of sp³-hybridized carbons (Fsp3) is 0.435. The number of aromatic nitrogens is 1. The first-order valence-corrected chi connectivity index (χ1v) is 10.5. The van der Waals surface area contributed by atoms with Crippen LogP contribution in [-0.2, 0) is 22.7 Å². The summed E-state index contributed by atoms with van der Waals surface area (Å²) in [6.45, 7) is 0.578. The Labute approximate surface area is 174 Å². The van der Waals surface area contributed by atoms with Crippen molar-refractivity contribution >= 4 is 11.8 Å². The zero-order valence-electron chi connectivity index (χ0n) is 16.6. The number of aliphatic hydroxyl groups is 1. The standard InChI is InChI=1S/C23H25N3O4/c27-13-17-16-12-25-18(7-4-8-19(25)28)20(16)26(23(30)15-9-10-15)21(17)22(29)24-11-14-5-2-1-3-6-14/h1-8,15-17,20-21,27H,9-13H2,(H,24,29)/t16-,17-,20+,21-/m1/s1. The van der Waals surface area contributed by atoms with Gasteiger partial charge in [-0.3, -0.25) is 14.4 Å². The number of pyridine rings is 1. The van der Waals surface area contributed by atoms with Crippen molar-refractivity contribution in [2.24, 2.45) is 17.8 Å². The zero-order chi connectivity index (χ0) is 20.8. The van der Waals surface area contributed by atoms with Gasteiger partial charge in [-0.15, -0.1) is 0 Å². The number of nitrogens with one attached hydrogen (secondary N) is 1. The van der Waals surface area contributed by atoms with Gasteiger partial charge in [0.2, 0.25) is 11.8 Å². The molecular formula is C23H25N3O4. The minimum atomic E-state index is -0.731. The summed E-state index contributed by atoms with van der Waals surface area (Å²) < 4.78 is 1.68. The highest BCUT2D eigenvalue weighted by atomic mass is 16.3. The average molecular weight is 407 g/mol. The van der Waals surface area contributed by atoms with Crippen LogP contribution in [0.3, 0.4) is 0 Å². The van der Waals surface area contributed by atoms with Crippen LogP contribution >= 0.6 is 0 Å². The molecule has 2 aliphatic heterocycles. The van der Waals surface area contributed by atoms with Gasteiger partial charge in [0, 0.05) is 49.2 Å². The third-order valence-corrected chi connectivity index (χ3v) is 6.71. The van der Waals surface area contributed by atoms with Gasteiger partial charge in [0.25, 0.3) is 5.56 Å². The normalized spacial score (nSPS) is 26.9. The van der Waals surface area contributed by atoms with E-state index in [1.165, 1.54) is 6.07 Å². The van der Waals surface area contributed by atoms with Crippen LogP contribution in [-0.4, -0.2) is 39.0 Å². The SMILES string of the molecule is O=C(NCc1ccccc1)[C@H]1[C@H](CO)[C@H]2Cn3c(cccc3=O)[C@H]2N1C(=O)C1CC1. The number of rotatable bonds is 5. The van der Waals surface area contributed by atoms with Crippen molar-refractivity contribution in [2.75, 3.05) is 6.61 Å². The van der Waals surface area contributed by atoms with Gasteiger partial charge in [-0.2, -0.15) is 0 Å². The number of benzene rings is 1. The van der Waals surface area contributed by atoms with E-state index < -0.39 is 12.0 Å². The number of carbonyl (C=O) groups excluding carboxylic acids is 2. The number of carbonyl (C=O) groups is 2. The summed E-state index contributed by atoms with van der Waals surface area (Å²) in [6, 6.07) is 13.6. The Morgan fingerprint density at radius 2 is 1.83 bits per heavy atom. The molecule has 0 radical (unpaired) electrons. The number of likely N-dealkylation sites (tertiary alicyclic amines) is 1. The van der Waals surface area contributed by atoms with Crippen LogP contribution < -0.4 is 10.9 Å². The number of nitrogens with zero attached hydrogens (tertiary/aromatic N) is 2. The van der Waals surface area contributed by atoms with E-state index in [4.69, 9.17) is 0 Å². The largest absolute Gasteiger partial charge is 0.396 e. The lowest BCUT2D eigenvalue weighted by Gasteiger charge is -2.31. The molecule has 2 N–H and O–H groups in total. The highest BCUT2D eigenvalue weighted by Gasteiger charge is 2.58. The summed E-state index contributed by atoms with van der Waals surface area (Å²) in [4.78, 5) is 40.6. The molecule has 0 bridgehead atoms. The van der Waals surface area contributed by atoms with Gasteiger partial charge in [-0.25, -0.2) is 0 Å². The van der Waals surface area contributed by atoms with Crippen LogP contribution in [0.4, 0.5) is 0 Å². The van der Waals surface area contributed by atoms with Crippen LogP contribution in [0.15, 0.2) is 53.3 Å². The molecule has 0 spiro atoms. The van der Waals surface area contributed by atoms with E-state index in [0.29, 0.717) is 13.1 Å². The molecule has 30 heavy (non-hydrogen) atoms. The second kappa shape index (κ2) is 7.40. The van der Waals surface area contributed by atoms with Crippen molar-refractivity contribution in [3.05, 3.63) is 70.1 Å². The number of hydrogen-bond donors (Lipinski definition) is 2. The number of aliphatic hydroxyl groups excluding tert-OH is 1. The predicted octanol–water partition coefficient (Wildman–Crippen LogP) is 1.06. The van der Waals surface area contributed by atoms with Crippen LogP contribution in [0.5, 0.6) is 0 Å². The van der Waals surface area contributed by atoms with Gasteiger partial charge in [-0.05, 0) is 24.5 Å². The van der Waals surface area contributed by atoms with E-state index >= 15 is 0 Å². The van der Waals surface area contributed by atoms with Gasteiger partial charge in [0.1, 0.15) is 6.04 Å². The number of fused-ring (bicyclic) bond motifs is 3. The van der Waals surface area contributed by atoms with Gasteiger partial charge in [0.15, 0.2) is 0 Å². The van der Waals surface area contributed by atoms with Crippen molar-refractivity contribution in [3.8, 4) is 0 Å². The fourth-order valence-corrected chi connectivity index (χ4v) is 5.11. The highest BCUT2D eigenvalue weighted by molar-refractivity contribution is 5.91. The predicted molar refractivity (Wildman–Crippen MR) is 109 cm³/mol. The third kappa shape index (κ3) is 3.04. The molecule has 2 fully saturated rings. The zero-order valence-corrected chi connectivity index (χ0v) is 16.6. The minimum Gasteiger partial charge on any atom is -0.396 e. The lowest BCUT2D eigenvalue weighted by molar-refractivity contribution is -0.142. The first-order chi connectivity index (χ1) is 14.6. The van der Waals surface area contributed by atoms with Crippen molar-refractivity contribution in [3.63, 3.8) is 0 Å². The van der Waals surface area contributed by atoms with Gasteiger partial charge in [-0.1, -0.05) is 36.4 Å². The Morgan fingerprint density at radius 1 is 1.07 bits per heavy atom. The maximum Gasteiger partial charge on any atom is 0.250 e. The molecule has 3 aliphatic rings. The molecular weight excluding hydrogens is 382 g/mol. The second-order valence-corrected chi connectivity index (χ2v) is 8.52. The molecule has 2 amide bonds. The molecule has 1 saturated carbocycles. The molecule has 4 atom stereocenters. The van der Waals surface area contributed by atoms with E-state index in [0.717, 1.165) is 24.1 Å². The molecule has 156 valence electrons. The molecule has 7 nitrogen and oxygen atoms in total. The van der Waals surface area contributed by atoms with Crippen LogP contribution in [0, 0.1) is 17.8 Å². The highest BCUT2D eigenvalue weighted by Crippen LogP contribution is 2.51. The quantitative estimate of drug-likeness (QED) is 0.776. The Bertz CT molecular complexity index is 1030. The van der Waals surface area contributed by atoms with Crippen LogP contribution in [0.2, 0.25) is 0 Å². The summed E-state index contributed by atoms with van der Waals surface area (Å²) in [6.07, 6.45) is 1.66. The maximum atomic E-state index is 13.3. The Balaban J connectivity index is 1.48. The number of hydrogen-bond acceptors (Lipinski definition) is 4. The van der Waals surface area contributed by atoms with Crippen molar-refractivity contribution in [1.29, 1.82) is 0 Å². The molecule has 7 heteroatoms. The van der Waals surface area contributed by atoms with Gasteiger partial charge in [0.05, 0.1) is 6.04 Å². The first kappa shape index (κ1) is 19.1. The Hall–Kier alpha value is -2.93. The molecule has 0 unspecified atom stereocenters. The minimum absolute atomic E-state index is 0.0365. The van der Waals surface area contributed by atoms with Crippen molar-refractivity contribution in [2.45, 2.75) is 38.0 Å². The smallest absolute Gasteiger partial charge is 0.250 e. The topological polar surface area (TPSA) is 91.6 Å². The van der Waals surface area contributed by atoms with E-state index in [1.807, 2.05) is 36.4 Å². The van der Waals surface area contributed by atoms with E-state index in [1.54, 1.807) is 15.5 Å². The average Bonchev–Trinajstić information content (AvgIpc) is 3.47. The molecule has 1 aromatic carbocycles. The summed E-state index contributed by atoms with van der Waals surface area (Å²) in [5, 5.41) is 13.2. The molecule has 3 heterocycles. The van der Waals surface area contributed by atoms with Gasteiger partial charge < -0.3 is 19.9 Å². The van der Waals surface area contributed by atoms with E-state index in [9.17, 15) is 19.5 Å². The lowest BCUT2D eigenvalue weighted by Crippen LogP contribution is -2.50. The maximum absolute atomic E-state index is 13.3. The van der Waals surface area contributed by atoms with Crippen molar-refractivity contribution < 1.29 is 14.7 Å². The Morgan fingerprint density at radius 3 is 2.53 bits per heavy atom. The molecule has 5 rings (SSSR count). The monoisotopic (exact) mass is 407 g/mol. The summed E-state index contributed by atoms with van der Waals surface area (Å²) >= 11 is 0. The molecule has 2 aromatic rings. The van der Waals surface area contributed by atoms with Gasteiger partial charge >= 0.3 is 0 Å². The Kier molecular flexibility index (Phi) is 4.70. The second-order valence-electron chi connectivity index (χ2n) is 8.52. The van der Waals surface area contributed by atoms with Crippen LogP contribution in [0.25, 0.3) is 0 Å². The summed E-state index contributed by atoms with van der Waals surface area (Å²) in [5.41, 5.74) is 1.63. The summed E-state index contributed by atoms with van der Waals surface area (Å²) in [7, 11) is 0. The fourth-order valence-electron chi connectivity index (χ4n) is 5.11. The third-order valence-electron chi connectivity index (χ3n) is 6.71. The first-order valence-electron chi connectivity index (χ1n) is 10.5. The molecule has 1 aliphatic carbocycles. The molecule has 1 saturated heterocycles. The number of amides is 2. The lowest BCUT2D eigenvalue weighted by atomic mass is 9.88. The summed E-state index contributed by atoms with van der Waals surface area (Å²) in [5.74, 6) is -0.901. The van der Waals surface area contributed by atoms with E-state index in [2.05, 4.69) is 5.32 Å². The van der Waals surface area contributed by atoms with Crippen molar-refractivity contribution in [1.82, 2.24) is 14.8 Å². The van der Waals surface area contributed by atoms with Crippen LogP contribution in [0.1, 0.15) is 30.1 Å².